The highest BCUT2D eigenvalue weighted by molar-refractivity contribution is 5.75. The molecule has 0 spiro atoms. The summed E-state index contributed by atoms with van der Waals surface area (Å²) >= 11 is 0. The molecule has 0 aromatic heterocycles. The van der Waals surface area contributed by atoms with Crippen molar-refractivity contribution in [1.29, 1.82) is 0 Å². The first-order chi connectivity index (χ1) is 8.42. The molecule has 0 saturated carbocycles. The number of hydrogen-bond donors (Lipinski definition) is 3. The van der Waals surface area contributed by atoms with Gasteiger partial charge in [-0.05, 0) is 13.0 Å². The number of aliphatic imine (C=N–C) groups is 1. The Hall–Kier alpha value is -2.51. The lowest BCUT2D eigenvalue weighted by molar-refractivity contribution is -0.414. The molecule has 0 aliphatic rings. The lowest BCUT2D eigenvalue weighted by atomic mass is 10.2. The van der Waals surface area contributed by atoms with Gasteiger partial charge in [0.1, 0.15) is 6.21 Å². The molecule has 0 aromatic carbocycles. The van der Waals surface area contributed by atoms with Gasteiger partial charge in [0.2, 0.25) is 0 Å². The van der Waals surface area contributed by atoms with Gasteiger partial charge in [0.15, 0.2) is 5.88 Å². The van der Waals surface area contributed by atoms with Gasteiger partial charge in [-0.25, -0.2) is 0 Å². The Morgan fingerprint density at radius 1 is 1.50 bits per heavy atom. The second-order valence-corrected chi connectivity index (χ2v) is 3.30. The van der Waals surface area contributed by atoms with Crippen molar-refractivity contribution in [3.63, 3.8) is 0 Å². The van der Waals surface area contributed by atoms with Gasteiger partial charge in [0.25, 0.3) is 0 Å². The molecule has 0 unspecified atom stereocenters. The first-order valence-electron chi connectivity index (χ1n) is 4.94. The number of nitrogens with two attached hydrogens (primary N) is 3. The van der Waals surface area contributed by atoms with Crippen molar-refractivity contribution >= 4 is 6.21 Å². The number of methoxy groups -OCH3 is 1. The van der Waals surface area contributed by atoms with Crippen molar-refractivity contribution in [2.45, 2.75) is 6.92 Å². The summed E-state index contributed by atoms with van der Waals surface area (Å²) in [6, 6.07) is 0. The largest absolute Gasteiger partial charge is 0.482 e. The van der Waals surface area contributed by atoms with Crippen LogP contribution in [-0.2, 0) is 4.74 Å². The molecule has 0 aliphatic heterocycles. The van der Waals surface area contributed by atoms with Crippen LogP contribution in [-0.4, -0.2) is 24.8 Å². The third-order valence-electron chi connectivity index (χ3n) is 1.81. The van der Waals surface area contributed by atoms with Crippen LogP contribution in [0.25, 0.3) is 0 Å². The highest BCUT2D eigenvalue weighted by atomic mass is 16.6. The summed E-state index contributed by atoms with van der Waals surface area (Å²) in [5, 5.41) is 10.4. The van der Waals surface area contributed by atoms with Crippen molar-refractivity contribution in [2.75, 3.05) is 13.7 Å². The van der Waals surface area contributed by atoms with Gasteiger partial charge in [-0.1, -0.05) is 0 Å². The number of allylic oxidation sites excluding steroid dienone is 2. The van der Waals surface area contributed by atoms with Crippen LogP contribution in [0.15, 0.2) is 40.1 Å². The topological polar surface area (TPSA) is 143 Å². The zero-order valence-electron chi connectivity index (χ0n) is 10.3. The number of nitrogens with zero attached hydrogens (tertiary/aromatic N) is 2. The minimum Gasteiger partial charge on any atom is -0.482 e. The first-order valence-corrected chi connectivity index (χ1v) is 4.94. The number of hydrogen-bond acceptors (Lipinski definition) is 7. The molecule has 0 fully saturated rings. The molecule has 6 N–H and O–H groups in total. The fraction of sp³-hybridized carbons (Fsp3) is 0.300. The van der Waals surface area contributed by atoms with Gasteiger partial charge >= 0.3 is 5.70 Å². The maximum atomic E-state index is 10.4. The summed E-state index contributed by atoms with van der Waals surface area (Å²) in [4.78, 5) is 13.7. The standard InChI is InChI=1S/C10H17N5O3/c1-7(12)3-8(10(13)18-2)5-14-6-9(4-11)15(16)17/h3-4,6H,5,11-13H2,1-2H3/b7-3-,9-4?,10-8-,14-6?. The molecule has 0 atom stereocenters. The van der Waals surface area contributed by atoms with Crippen LogP contribution in [0.4, 0.5) is 0 Å². The second-order valence-electron chi connectivity index (χ2n) is 3.30. The van der Waals surface area contributed by atoms with Crippen LogP contribution in [0, 0.1) is 10.1 Å². The molecule has 0 bridgehead atoms. The Morgan fingerprint density at radius 2 is 2.11 bits per heavy atom. The van der Waals surface area contributed by atoms with Crippen molar-refractivity contribution in [3.8, 4) is 0 Å². The average Bonchev–Trinajstić information content (AvgIpc) is 2.31. The van der Waals surface area contributed by atoms with Crippen LogP contribution in [0.2, 0.25) is 0 Å². The third kappa shape index (κ3) is 5.54. The molecule has 0 heterocycles. The molecule has 100 valence electrons. The van der Waals surface area contributed by atoms with E-state index in [4.69, 9.17) is 21.9 Å². The van der Waals surface area contributed by atoms with Crippen molar-refractivity contribution < 1.29 is 9.66 Å². The fourth-order valence-electron chi connectivity index (χ4n) is 0.989. The molecule has 8 heteroatoms. The molecule has 0 aliphatic carbocycles. The zero-order chi connectivity index (χ0) is 14.1. The van der Waals surface area contributed by atoms with Gasteiger partial charge in [-0.15, -0.1) is 0 Å². The maximum absolute atomic E-state index is 10.4. The lowest BCUT2D eigenvalue weighted by Crippen LogP contribution is -2.08. The van der Waals surface area contributed by atoms with E-state index in [9.17, 15) is 10.1 Å². The zero-order valence-corrected chi connectivity index (χ0v) is 10.3. The summed E-state index contributed by atoms with van der Waals surface area (Å²) in [6.45, 7) is 1.77. The summed E-state index contributed by atoms with van der Waals surface area (Å²) in [7, 11) is 1.40. The molecule has 0 saturated heterocycles. The monoisotopic (exact) mass is 255 g/mol. The highest BCUT2D eigenvalue weighted by Crippen LogP contribution is 2.05. The summed E-state index contributed by atoms with van der Waals surface area (Å²) in [5.74, 6) is 0.149. The van der Waals surface area contributed by atoms with Gasteiger partial charge in [0, 0.05) is 11.3 Å². The van der Waals surface area contributed by atoms with Crippen molar-refractivity contribution in [2.24, 2.45) is 22.2 Å². The normalized spacial score (nSPS) is 14.6. The quantitative estimate of drug-likeness (QED) is 0.197. The Morgan fingerprint density at radius 3 is 2.50 bits per heavy atom. The van der Waals surface area contributed by atoms with E-state index >= 15 is 0 Å². The van der Waals surface area contributed by atoms with Crippen molar-refractivity contribution in [3.05, 3.63) is 45.2 Å². The summed E-state index contributed by atoms with van der Waals surface area (Å²) in [6.07, 6.45) is 3.48. The van der Waals surface area contributed by atoms with E-state index in [0.29, 0.717) is 11.3 Å². The van der Waals surface area contributed by atoms with Crippen LogP contribution in [0.3, 0.4) is 0 Å². The second kappa shape index (κ2) is 7.71. The Labute approximate surface area is 105 Å². The van der Waals surface area contributed by atoms with Crippen LogP contribution in [0.5, 0.6) is 0 Å². The first kappa shape index (κ1) is 15.5. The molecular formula is C10H17N5O3. The summed E-state index contributed by atoms with van der Waals surface area (Å²) < 4.78 is 4.85. The van der Waals surface area contributed by atoms with Gasteiger partial charge in [-0.3, -0.25) is 15.1 Å². The van der Waals surface area contributed by atoms with Crippen LogP contribution < -0.4 is 17.2 Å². The van der Waals surface area contributed by atoms with E-state index in [1.807, 2.05) is 0 Å². The minimum atomic E-state index is -0.642. The molecule has 0 rings (SSSR count). The number of nitro groups is 1. The third-order valence-corrected chi connectivity index (χ3v) is 1.81. The Bertz CT molecular complexity index is 419. The van der Waals surface area contributed by atoms with E-state index in [1.165, 1.54) is 7.11 Å². The maximum Gasteiger partial charge on any atom is 0.302 e. The van der Waals surface area contributed by atoms with Crippen molar-refractivity contribution in [1.82, 2.24) is 0 Å². The van der Waals surface area contributed by atoms with Gasteiger partial charge < -0.3 is 21.9 Å². The average molecular weight is 255 g/mol. The molecule has 18 heavy (non-hydrogen) atoms. The smallest absolute Gasteiger partial charge is 0.302 e. The summed E-state index contributed by atoms with van der Waals surface area (Å²) in [5.41, 5.74) is 16.9. The van der Waals surface area contributed by atoms with Crippen LogP contribution in [0.1, 0.15) is 6.92 Å². The number of rotatable bonds is 6. The predicted molar refractivity (Wildman–Crippen MR) is 68.8 cm³/mol. The SMILES string of the molecule is CO/C(N)=C(/C=C(/C)N)CN=CC(=CN)[N+](=O)[O-]. The highest BCUT2D eigenvalue weighted by Gasteiger charge is 2.05. The fourth-order valence-corrected chi connectivity index (χ4v) is 0.989. The van der Waals surface area contributed by atoms with E-state index in [2.05, 4.69) is 4.99 Å². The van der Waals surface area contributed by atoms with Crippen LogP contribution >= 0.6 is 0 Å². The molecule has 0 amide bonds. The van der Waals surface area contributed by atoms with E-state index in [0.717, 1.165) is 12.4 Å². The molecule has 8 nitrogen and oxygen atoms in total. The van der Waals surface area contributed by atoms with Gasteiger partial charge in [0.05, 0.1) is 24.8 Å². The number of ether oxygens (including phenoxy) is 1. The predicted octanol–water partition coefficient (Wildman–Crippen LogP) is -0.187. The minimum absolute atomic E-state index is 0.0966. The molecule has 0 aromatic rings. The Kier molecular flexibility index (Phi) is 6.64. The molecular weight excluding hydrogens is 238 g/mol. The molecule has 0 radical (unpaired) electrons. The lowest BCUT2D eigenvalue weighted by Gasteiger charge is -2.04. The van der Waals surface area contributed by atoms with E-state index in [-0.39, 0.29) is 18.1 Å². The van der Waals surface area contributed by atoms with E-state index in [1.54, 1.807) is 13.0 Å². The Balaban J connectivity index is 4.90. The van der Waals surface area contributed by atoms with E-state index < -0.39 is 4.92 Å². The van der Waals surface area contributed by atoms with Gasteiger partial charge in [-0.2, -0.15) is 0 Å².